The van der Waals surface area contributed by atoms with E-state index in [0.717, 1.165) is 6.20 Å². The Bertz CT molecular complexity index is 825. The number of rotatable bonds is 5. The molecule has 0 saturated carbocycles. The number of benzene rings is 1. The SMILES string of the molecule is O=C(COc1cccc([N+](=O)[O-])c1)Nc1c[nH]c(=O)[nH]c1=O. The van der Waals surface area contributed by atoms with Crippen LogP contribution in [0.1, 0.15) is 0 Å². The highest BCUT2D eigenvalue weighted by Gasteiger charge is 2.09. The van der Waals surface area contributed by atoms with Crippen molar-refractivity contribution in [1.29, 1.82) is 0 Å². The lowest BCUT2D eigenvalue weighted by molar-refractivity contribution is -0.384. The lowest BCUT2D eigenvalue weighted by atomic mass is 10.3. The molecule has 3 N–H and O–H groups in total. The second-order valence-electron chi connectivity index (χ2n) is 4.08. The third-order valence-electron chi connectivity index (χ3n) is 2.49. The van der Waals surface area contributed by atoms with Crippen molar-refractivity contribution in [3.63, 3.8) is 0 Å². The number of hydrogen-bond acceptors (Lipinski definition) is 6. The smallest absolute Gasteiger partial charge is 0.325 e. The highest BCUT2D eigenvalue weighted by molar-refractivity contribution is 5.91. The van der Waals surface area contributed by atoms with Crippen LogP contribution in [0, 0.1) is 10.1 Å². The van der Waals surface area contributed by atoms with E-state index in [4.69, 9.17) is 4.74 Å². The number of nitrogens with one attached hydrogen (secondary N) is 3. The maximum Gasteiger partial charge on any atom is 0.325 e. The second kappa shape index (κ2) is 6.35. The van der Waals surface area contributed by atoms with Crippen LogP contribution in [0.3, 0.4) is 0 Å². The number of H-pyrrole nitrogens is 2. The Hall–Kier alpha value is -3.43. The van der Waals surface area contributed by atoms with Gasteiger partial charge in [-0.2, -0.15) is 0 Å². The number of nitro groups is 1. The maximum absolute atomic E-state index is 11.6. The van der Waals surface area contributed by atoms with Crippen molar-refractivity contribution in [2.45, 2.75) is 0 Å². The van der Waals surface area contributed by atoms with E-state index < -0.39 is 28.7 Å². The van der Waals surface area contributed by atoms with Crippen LogP contribution in [0.4, 0.5) is 11.4 Å². The van der Waals surface area contributed by atoms with Crippen LogP contribution in [0.5, 0.6) is 5.75 Å². The molecule has 0 fully saturated rings. The Morgan fingerprint density at radius 1 is 1.36 bits per heavy atom. The predicted molar refractivity (Wildman–Crippen MR) is 74.9 cm³/mol. The molecule has 0 atom stereocenters. The van der Waals surface area contributed by atoms with E-state index in [1.54, 1.807) is 0 Å². The molecule has 0 aliphatic carbocycles. The van der Waals surface area contributed by atoms with E-state index in [9.17, 15) is 24.5 Å². The molecule has 10 nitrogen and oxygen atoms in total. The van der Waals surface area contributed by atoms with Gasteiger partial charge in [-0.3, -0.25) is 24.7 Å². The zero-order chi connectivity index (χ0) is 16.1. The van der Waals surface area contributed by atoms with Crippen molar-refractivity contribution < 1.29 is 14.5 Å². The van der Waals surface area contributed by atoms with Crippen molar-refractivity contribution in [3.05, 3.63) is 61.4 Å². The summed E-state index contributed by atoms with van der Waals surface area (Å²) in [6, 6.07) is 5.32. The summed E-state index contributed by atoms with van der Waals surface area (Å²) in [4.78, 5) is 48.0. The first-order valence-electron chi connectivity index (χ1n) is 5.95. The van der Waals surface area contributed by atoms with Crippen molar-refractivity contribution in [2.24, 2.45) is 0 Å². The van der Waals surface area contributed by atoms with Crippen molar-refractivity contribution in [2.75, 3.05) is 11.9 Å². The molecule has 10 heteroatoms. The molecule has 2 rings (SSSR count). The number of nitro benzene ring substituents is 1. The Labute approximate surface area is 121 Å². The van der Waals surface area contributed by atoms with Crippen molar-refractivity contribution in [1.82, 2.24) is 9.97 Å². The number of nitrogens with zero attached hydrogens (tertiary/aromatic N) is 1. The van der Waals surface area contributed by atoms with Gasteiger partial charge in [-0.1, -0.05) is 6.07 Å². The van der Waals surface area contributed by atoms with Crippen LogP contribution in [-0.2, 0) is 4.79 Å². The quantitative estimate of drug-likeness (QED) is 0.522. The Balaban J connectivity index is 1.98. The standard InChI is InChI=1S/C12H10N4O6/c17-10(14-9-5-13-12(19)15-11(9)18)6-22-8-3-1-2-7(4-8)16(20)21/h1-5H,6H2,(H,14,17)(H2,13,15,18,19). The van der Waals surface area contributed by atoms with Crippen LogP contribution in [0.25, 0.3) is 0 Å². The zero-order valence-electron chi connectivity index (χ0n) is 11.0. The number of non-ortho nitro benzene ring substituents is 1. The summed E-state index contributed by atoms with van der Waals surface area (Å²) in [5.74, 6) is -0.524. The van der Waals surface area contributed by atoms with Crippen LogP contribution in [0.15, 0.2) is 40.1 Å². The molecule has 114 valence electrons. The molecule has 0 unspecified atom stereocenters. The highest BCUT2D eigenvalue weighted by Crippen LogP contribution is 2.18. The zero-order valence-corrected chi connectivity index (χ0v) is 11.0. The minimum Gasteiger partial charge on any atom is -0.484 e. The molecule has 22 heavy (non-hydrogen) atoms. The fourth-order valence-corrected chi connectivity index (χ4v) is 1.52. The van der Waals surface area contributed by atoms with Crippen LogP contribution in [0.2, 0.25) is 0 Å². The van der Waals surface area contributed by atoms with E-state index in [-0.39, 0.29) is 17.1 Å². The van der Waals surface area contributed by atoms with E-state index in [0.29, 0.717) is 0 Å². The average Bonchev–Trinajstić information content (AvgIpc) is 2.48. The van der Waals surface area contributed by atoms with Gasteiger partial charge in [0.05, 0.1) is 11.0 Å². The number of carbonyl (C=O) groups excluding carboxylic acids is 1. The Morgan fingerprint density at radius 3 is 2.82 bits per heavy atom. The van der Waals surface area contributed by atoms with Gasteiger partial charge in [0.15, 0.2) is 6.61 Å². The van der Waals surface area contributed by atoms with E-state index in [1.807, 2.05) is 4.98 Å². The van der Waals surface area contributed by atoms with Gasteiger partial charge in [-0.05, 0) is 6.07 Å². The van der Waals surface area contributed by atoms with Gasteiger partial charge in [-0.25, -0.2) is 4.79 Å². The van der Waals surface area contributed by atoms with Gasteiger partial charge in [0.1, 0.15) is 11.4 Å². The number of amides is 1. The molecular weight excluding hydrogens is 296 g/mol. The molecule has 1 aromatic heterocycles. The molecule has 0 saturated heterocycles. The summed E-state index contributed by atoms with van der Waals surface area (Å²) in [5.41, 5.74) is -1.77. The topological polar surface area (TPSA) is 147 Å². The monoisotopic (exact) mass is 306 g/mol. The van der Waals surface area contributed by atoms with Crippen LogP contribution < -0.4 is 21.3 Å². The third-order valence-corrected chi connectivity index (χ3v) is 2.49. The summed E-state index contributed by atoms with van der Waals surface area (Å²) in [6.07, 6.45) is 1.05. The largest absolute Gasteiger partial charge is 0.484 e. The van der Waals surface area contributed by atoms with Crippen LogP contribution >= 0.6 is 0 Å². The number of aromatic amines is 2. The van der Waals surface area contributed by atoms with Gasteiger partial charge in [0.2, 0.25) is 0 Å². The molecule has 1 heterocycles. The highest BCUT2D eigenvalue weighted by atomic mass is 16.6. The second-order valence-corrected chi connectivity index (χ2v) is 4.08. The fraction of sp³-hybridized carbons (Fsp3) is 0.0833. The first kappa shape index (κ1) is 15.0. The van der Waals surface area contributed by atoms with Gasteiger partial charge in [-0.15, -0.1) is 0 Å². The number of ether oxygens (including phenoxy) is 1. The summed E-state index contributed by atoms with van der Waals surface area (Å²) in [6.45, 7) is -0.459. The Kier molecular flexibility index (Phi) is 4.32. The fourth-order valence-electron chi connectivity index (χ4n) is 1.52. The molecule has 0 spiro atoms. The lowest BCUT2D eigenvalue weighted by Crippen LogP contribution is -2.28. The minimum absolute atomic E-state index is 0.139. The normalized spacial score (nSPS) is 10.0. The minimum atomic E-state index is -0.757. The third kappa shape index (κ3) is 3.79. The first-order valence-corrected chi connectivity index (χ1v) is 5.95. The van der Waals surface area contributed by atoms with E-state index in [1.165, 1.54) is 24.3 Å². The van der Waals surface area contributed by atoms with Gasteiger partial charge >= 0.3 is 5.69 Å². The van der Waals surface area contributed by atoms with E-state index >= 15 is 0 Å². The molecule has 1 aromatic carbocycles. The van der Waals surface area contributed by atoms with Crippen LogP contribution in [-0.4, -0.2) is 27.4 Å². The Morgan fingerprint density at radius 2 is 2.14 bits per heavy atom. The molecular formula is C12H10N4O6. The summed E-state index contributed by atoms with van der Waals surface area (Å²) >= 11 is 0. The molecule has 2 aromatic rings. The number of anilines is 1. The molecule has 1 amide bonds. The summed E-state index contributed by atoms with van der Waals surface area (Å²) < 4.78 is 5.09. The van der Waals surface area contributed by atoms with Gasteiger partial charge in [0.25, 0.3) is 17.2 Å². The van der Waals surface area contributed by atoms with Gasteiger partial charge in [0, 0.05) is 12.3 Å². The molecule has 0 bridgehead atoms. The summed E-state index contributed by atoms with van der Waals surface area (Å²) in [5, 5.41) is 12.8. The van der Waals surface area contributed by atoms with Crippen molar-refractivity contribution >= 4 is 17.3 Å². The predicted octanol–water partition coefficient (Wildman–Crippen LogP) is -0.0111. The number of hydrogen-bond donors (Lipinski definition) is 3. The van der Waals surface area contributed by atoms with E-state index in [2.05, 4.69) is 10.3 Å². The summed E-state index contributed by atoms with van der Waals surface area (Å²) in [7, 11) is 0. The number of aromatic nitrogens is 2. The number of carbonyl (C=O) groups is 1. The lowest BCUT2D eigenvalue weighted by Gasteiger charge is -2.06. The first-order chi connectivity index (χ1) is 10.5. The molecule has 0 aliphatic rings. The van der Waals surface area contributed by atoms with Gasteiger partial charge < -0.3 is 15.0 Å². The maximum atomic E-state index is 11.6. The molecule has 0 radical (unpaired) electrons. The molecule has 0 aliphatic heterocycles. The van der Waals surface area contributed by atoms with Crippen molar-refractivity contribution in [3.8, 4) is 5.75 Å². The average molecular weight is 306 g/mol.